The van der Waals surface area contributed by atoms with E-state index in [2.05, 4.69) is 9.97 Å². The van der Waals surface area contributed by atoms with Gasteiger partial charge in [0.05, 0.1) is 22.6 Å². The van der Waals surface area contributed by atoms with Crippen LogP contribution in [-0.2, 0) is 11.8 Å². The first-order chi connectivity index (χ1) is 15.8. The molecule has 0 aliphatic heterocycles. The molecule has 1 aromatic carbocycles. The molecule has 0 atom stereocenters. The van der Waals surface area contributed by atoms with Crippen LogP contribution in [-0.4, -0.2) is 32.2 Å². The third-order valence-corrected chi connectivity index (χ3v) is 6.62. The van der Waals surface area contributed by atoms with E-state index in [1.165, 1.54) is 11.6 Å². The summed E-state index contributed by atoms with van der Waals surface area (Å²) in [7, 11) is 1.52. The van der Waals surface area contributed by atoms with Crippen molar-refractivity contribution in [3.05, 3.63) is 61.6 Å². The highest BCUT2D eigenvalue weighted by atomic mass is 32.1. The average Bonchev–Trinajstić information content (AvgIpc) is 3.45. The maximum atomic E-state index is 12.9. The predicted octanol–water partition coefficient (Wildman–Crippen LogP) is 3.89. The van der Waals surface area contributed by atoms with Gasteiger partial charge in [0.15, 0.2) is 5.76 Å². The van der Waals surface area contributed by atoms with Crippen molar-refractivity contribution in [2.45, 2.75) is 13.8 Å². The second-order valence-electron chi connectivity index (χ2n) is 7.50. The van der Waals surface area contributed by atoms with Crippen LogP contribution in [0.2, 0.25) is 0 Å². The zero-order chi connectivity index (χ0) is 23.4. The molecule has 0 bridgehead atoms. The van der Waals surface area contributed by atoms with Crippen molar-refractivity contribution in [1.82, 2.24) is 14.5 Å². The number of esters is 1. The molecule has 168 valence electrons. The predicted molar refractivity (Wildman–Crippen MR) is 125 cm³/mol. The first-order valence-electron chi connectivity index (χ1n) is 10.2. The number of benzene rings is 1. The molecule has 0 aliphatic rings. The number of hydrogen-bond donors (Lipinski definition) is 3. The maximum absolute atomic E-state index is 12.9. The Hall–Kier alpha value is -4.05. The second kappa shape index (κ2) is 7.52. The highest BCUT2D eigenvalue weighted by Gasteiger charge is 2.30. The zero-order valence-corrected chi connectivity index (χ0v) is 18.8. The monoisotopic (exact) mass is 465 g/mol. The summed E-state index contributed by atoms with van der Waals surface area (Å²) < 4.78 is 12.4. The molecule has 0 fully saturated rings. The normalized spacial score (nSPS) is 11.5. The Bertz CT molecular complexity index is 1650. The van der Waals surface area contributed by atoms with Gasteiger partial charge in [-0.05, 0) is 26.0 Å². The molecule has 0 saturated heterocycles. The number of aryl methyl sites for hydroxylation is 2. The molecule has 0 amide bonds. The van der Waals surface area contributed by atoms with E-state index in [1.54, 1.807) is 19.9 Å². The highest BCUT2D eigenvalue weighted by molar-refractivity contribution is 7.16. The number of hydrogen-bond acceptors (Lipinski definition) is 7. The van der Waals surface area contributed by atoms with Gasteiger partial charge in [-0.2, -0.15) is 0 Å². The number of nitrogens with zero attached hydrogens (tertiary/aromatic N) is 1. The van der Waals surface area contributed by atoms with Gasteiger partial charge in [0.1, 0.15) is 22.5 Å². The van der Waals surface area contributed by atoms with E-state index in [4.69, 9.17) is 9.15 Å². The summed E-state index contributed by atoms with van der Waals surface area (Å²) in [6.07, 6.45) is 0. The van der Waals surface area contributed by atoms with E-state index in [0.29, 0.717) is 32.4 Å². The van der Waals surface area contributed by atoms with Crippen LogP contribution in [0.3, 0.4) is 0 Å². The van der Waals surface area contributed by atoms with Crippen molar-refractivity contribution in [2.24, 2.45) is 7.05 Å². The Balaban J connectivity index is 1.89. The van der Waals surface area contributed by atoms with E-state index in [0.717, 1.165) is 16.7 Å². The largest absolute Gasteiger partial charge is 0.505 e. The number of rotatable bonds is 4. The fourth-order valence-corrected chi connectivity index (χ4v) is 5.06. The molecule has 3 N–H and O–H groups in total. The maximum Gasteiger partial charge on any atom is 0.343 e. The van der Waals surface area contributed by atoms with E-state index < -0.39 is 17.2 Å². The first kappa shape index (κ1) is 20.8. The lowest BCUT2D eigenvalue weighted by molar-refractivity contribution is 0.0523. The van der Waals surface area contributed by atoms with Crippen LogP contribution >= 0.6 is 11.3 Å². The average molecular weight is 465 g/mol. The lowest BCUT2D eigenvalue weighted by Gasteiger charge is -2.03. The van der Waals surface area contributed by atoms with Crippen molar-refractivity contribution in [3.63, 3.8) is 0 Å². The number of aromatic nitrogens is 3. The third kappa shape index (κ3) is 3.10. The molecule has 0 aliphatic carbocycles. The summed E-state index contributed by atoms with van der Waals surface area (Å²) in [5.41, 5.74) is 0.473. The van der Waals surface area contributed by atoms with E-state index in [9.17, 15) is 19.5 Å². The number of furan rings is 1. The van der Waals surface area contributed by atoms with Gasteiger partial charge in [0.2, 0.25) is 0 Å². The Morgan fingerprint density at radius 2 is 2.00 bits per heavy atom. The molecule has 10 heteroatoms. The summed E-state index contributed by atoms with van der Waals surface area (Å²) in [4.78, 5) is 43.9. The number of fused-ring (bicyclic) bond motifs is 2. The van der Waals surface area contributed by atoms with Gasteiger partial charge in [0, 0.05) is 22.9 Å². The van der Waals surface area contributed by atoms with Crippen molar-refractivity contribution < 1.29 is 19.1 Å². The third-order valence-electron chi connectivity index (χ3n) is 5.51. The van der Waals surface area contributed by atoms with Crippen molar-refractivity contribution in [2.75, 3.05) is 6.61 Å². The topological polar surface area (TPSA) is 130 Å². The van der Waals surface area contributed by atoms with Gasteiger partial charge in [-0.3, -0.25) is 14.3 Å². The Morgan fingerprint density at radius 3 is 2.73 bits per heavy atom. The van der Waals surface area contributed by atoms with Crippen molar-refractivity contribution >= 4 is 39.3 Å². The van der Waals surface area contributed by atoms with Crippen LogP contribution < -0.4 is 11.2 Å². The van der Waals surface area contributed by atoms with Gasteiger partial charge in [0.25, 0.3) is 5.56 Å². The van der Waals surface area contributed by atoms with E-state index in [-0.39, 0.29) is 29.0 Å². The lowest BCUT2D eigenvalue weighted by Crippen LogP contribution is -2.28. The molecule has 0 radical (unpaired) electrons. The number of H-pyrrole nitrogens is 2. The number of carbonyl (C=O) groups is 1. The summed E-state index contributed by atoms with van der Waals surface area (Å²) >= 11 is 1.15. The molecule has 9 nitrogen and oxygen atoms in total. The van der Waals surface area contributed by atoms with Crippen molar-refractivity contribution in [1.29, 1.82) is 0 Å². The van der Waals surface area contributed by atoms with Gasteiger partial charge in [-0.15, -0.1) is 11.3 Å². The molecule has 0 spiro atoms. The Morgan fingerprint density at radius 1 is 1.24 bits per heavy atom. The van der Waals surface area contributed by atoms with Crippen LogP contribution in [0.5, 0.6) is 5.75 Å². The molecule has 4 heterocycles. The molecule has 0 unspecified atom stereocenters. The molecule has 0 saturated carbocycles. The second-order valence-corrected chi connectivity index (χ2v) is 8.72. The lowest BCUT2D eigenvalue weighted by atomic mass is 10.1. The van der Waals surface area contributed by atoms with Crippen LogP contribution in [0.25, 0.3) is 43.9 Å². The van der Waals surface area contributed by atoms with Gasteiger partial charge in [-0.25, -0.2) is 9.59 Å². The van der Waals surface area contributed by atoms with Crippen molar-refractivity contribution in [3.8, 4) is 27.6 Å². The Labute approximate surface area is 189 Å². The molecular formula is C23H19N3O6S. The number of nitrogens with one attached hydrogen (secondary N) is 2. The van der Waals surface area contributed by atoms with E-state index in [1.807, 2.05) is 24.3 Å². The molecular weight excluding hydrogens is 446 g/mol. The van der Waals surface area contributed by atoms with Crippen LogP contribution in [0.15, 0.2) is 44.3 Å². The summed E-state index contributed by atoms with van der Waals surface area (Å²) in [5.74, 6) is -0.527. The zero-order valence-electron chi connectivity index (χ0n) is 17.9. The standard InChI is InChI=1S/C23H19N3O6S/c1-4-31-22(29)14-10(2)33-19(18(14)27)15-16-20(26(3)23(30)25-21(16)28)24-17(15)13-9-11-7-5-6-8-12(11)32-13/h5-9,24,27H,4H2,1-3H3,(H,25,28,30). The minimum atomic E-state index is -0.651. The number of ether oxygens (including phenoxy) is 1. The Kier molecular flexibility index (Phi) is 4.75. The fourth-order valence-electron chi connectivity index (χ4n) is 3.97. The highest BCUT2D eigenvalue weighted by Crippen LogP contribution is 2.48. The van der Waals surface area contributed by atoms with Gasteiger partial charge >= 0.3 is 11.7 Å². The minimum absolute atomic E-state index is 0.0444. The number of aromatic amines is 2. The summed E-state index contributed by atoms with van der Waals surface area (Å²) in [6.45, 7) is 3.52. The SMILES string of the molecule is CCOC(=O)c1c(C)sc(-c2c(-c3cc4ccccc4o3)[nH]c3c2c(=O)[nH]c(=O)n3C)c1O. The fraction of sp³-hybridized carbons (Fsp3) is 0.174. The van der Waals surface area contributed by atoms with Gasteiger partial charge in [-0.1, -0.05) is 18.2 Å². The summed E-state index contributed by atoms with van der Waals surface area (Å²) in [6, 6.07) is 9.23. The first-order valence-corrected chi connectivity index (χ1v) is 11.0. The number of carbonyl (C=O) groups excluding carboxylic acids is 1. The molecule has 33 heavy (non-hydrogen) atoms. The van der Waals surface area contributed by atoms with Crippen LogP contribution in [0.4, 0.5) is 0 Å². The number of para-hydroxylation sites is 1. The van der Waals surface area contributed by atoms with E-state index >= 15 is 0 Å². The number of aromatic hydroxyl groups is 1. The smallest absolute Gasteiger partial charge is 0.343 e. The summed E-state index contributed by atoms with van der Waals surface area (Å²) in [5, 5.41) is 12.1. The molecule has 5 aromatic rings. The van der Waals surface area contributed by atoms with Crippen LogP contribution in [0, 0.1) is 6.92 Å². The number of thiophene rings is 1. The molecule has 4 aromatic heterocycles. The molecule has 5 rings (SSSR count). The van der Waals surface area contributed by atoms with Gasteiger partial charge < -0.3 is 19.2 Å². The quantitative estimate of drug-likeness (QED) is 0.345. The van der Waals surface area contributed by atoms with Crippen LogP contribution in [0.1, 0.15) is 22.2 Å². The minimum Gasteiger partial charge on any atom is -0.505 e.